The zero-order valence-corrected chi connectivity index (χ0v) is 8.26. The van der Waals surface area contributed by atoms with Crippen molar-refractivity contribution < 1.29 is 15.0 Å². The van der Waals surface area contributed by atoms with Crippen LogP contribution in [0, 0.1) is 0 Å². The largest absolute Gasteiger partial charge is 0.480 e. The van der Waals surface area contributed by atoms with Crippen molar-refractivity contribution in [1.82, 2.24) is 14.8 Å². The van der Waals surface area contributed by atoms with E-state index >= 15 is 0 Å². The van der Waals surface area contributed by atoms with E-state index in [0.29, 0.717) is 18.7 Å². The standard InChI is InChI=1S/C9H13N3O3/c13-5-4-8-11-10-7-3-1-2-6(9(14)15)12(7)8/h6,13H,1-5H2,(H,14,15). The normalized spacial score (nSPS) is 19.9. The summed E-state index contributed by atoms with van der Waals surface area (Å²) in [7, 11) is 0. The molecule has 6 nitrogen and oxygen atoms in total. The van der Waals surface area contributed by atoms with Crippen LogP contribution in [0.1, 0.15) is 30.5 Å². The summed E-state index contributed by atoms with van der Waals surface area (Å²) >= 11 is 0. The number of aliphatic hydroxyl groups is 1. The fourth-order valence-electron chi connectivity index (χ4n) is 1.98. The molecule has 0 bridgehead atoms. The zero-order valence-electron chi connectivity index (χ0n) is 8.26. The van der Waals surface area contributed by atoms with Crippen LogP contribution in [0.5, 0.6) is 0 Å². The van der Waals surface area contributed by atoms with E-state index in [-0.39, 0.29) is 6.61 Å². The quantitative estimate of drug-likeness (QED) is 0.721. The van der Waals surface area contributed by atoms with Crippen LogP contribution in [-0.4, -0.2) is 37.6 Å². The number of aliphatic hydroxyl groups excluding tert-OH is 1. The highest BCUT2D eigenvalue weighted by Crippen LogP contribution is 2.25. The van der Waals surface area contributed by atoms with E-state index in [4.69, 9.17) is 10.2 Å². The molecule has 1 aliphatic rings. The summed E-state index contributed by atoms with van der Waals surface area (Å²) in [5, 5.41) is 25.7. The lowest BCUT2D eigenvalue weighted by molar-refractivity contribution is -0.141. The highest BCUT2D eigenvalue weighted by atomic mass is 16.4. The Morgan fingerprint density at radius 1 is 1.53 bits per heavy atom. The molecule has 1 atom stereocenters. The van der Waals surface area contributed by atoms with Gasteiger partial charge in [0.05, 0.1) is 6.61 Å². The van der Waals surface area contributed by atoms with Gasteiger partial charge in [-0.3, -0.25) is 0 Å². The van der Waals surface area contributed by atoms with Gasteiger partial charge in [-0.2, -0.15) is 0 Å². The SMILES string of the molecule is O=C(O)C1CCCc2nnc(CCO)n21. The van der Waals surface area contributed by atoms with Crippen molar-refractivity contribution in [1.29, 1.82) is 0 Å². The first kappa shape index (κ1) is 10.1. The van der Waals surface area contributed by atoms with Gasteiger partial charge in [0.1, 0.15) is 17.7 Å². The van der Waals surface area contributed by atoms with Gasteiger partial charge in [-0.05, 0) is 12.8 Å². The minimum absolute atomic E-state index is 0.0372. The lowest BCUT2D eigenvalue weighted by Crippen LogP contribution is -2.26. The van der Waals surface area contributed by atoms with E-state index < -0.39 is 12.0 Å². The summed E-state index contributed by atoms with van der Waals surface area (Å²) in [6.07, 6.45) is 2.56. The predicted molar refractivity (Wildman–Crippen MR) is 50.4 cm³/mol. The highest BCUT2D eigenvalue weighted by molar-refractivity contribution is 5.72. The Hall–Kier alpha value is -1.43. The maximum atomic E-state index is 11.0. The van der Waals surface area contributed by atoms with E-state index in [0.717, 1.165) is 18.7 Å². The molecule has 0 fully saturated rings. The van der Waals surface area contributed by atoms with Crippen LogP contribution in [-0.2, 0) is 17.6 Å². The molecule has 6 heteroatoms. The monoisotopic (exact) mass is 211 g/mol. The lowest BCUT2D eigenvalue weighted by atomic mass is 10.0. The second-order valence-corrected chi connectivity index (χ2v) is 3.62. The van der Waals surface area contributed by atoms with Crippen molar-refractivity contribution in [3.8, 4) is 0 Å². The van der Waals surface area contributed by atoms with Crippen molar-refractivity contribution in [2.24, 2.45) is 0 Å². The van der Waals surface area contributed by atoms with E-state index in [1.165, 1.54) is 0 Å². The van der Waals surface area contributed by atoms with Gasteiger partial charge in [-0.15, -0.1) is 10.2 Å². The third-order valence-electron chi connectivity index (χ3n) is 2.65. The molecule has 0 radical (unpaired) electrons. The third kappa shape index (κ3) is 1.72. The van der Waals surface area contributed by atoms with Crippen LogP contribution < -0.4 is 0 Å². The van der Waals surface area contributed by atoms with E-state index in [1.807, 2.05) is 0 Å². The van der Waals surface area contributed by atoms with Crippen LogP contribution in [0.3, 0.4) is 0 Å². The number of aromatic nitrogens is 3. The van der Waals surface area contributed by atoms with E-state index in [9.17, 15) is 4.79 Å². The number of carboxylic acid groups (broad SMARTS) is 1. The van der Waals surface area contributed by atoms with E-state index in [2.05, 4.69) is 10.2 Å². The van der Waals surface area contributed by atoms with Crippen LogP contribution in [0.2, 0.25) is 0 Å². The fourth-order valence-corrected chi connectivity index (χ4v) is 1.98. The topological polar surface area (TPSA) is 88.2 Å². The minimum atomic E-state index is -0.852. The minimum Gasteiger partial charge on any atom is -0.480 e. The van der Waals surface area contributed by atoms with Crippen molar-refractivity contribution in [2.45, 2.75) is 31.7 Å². The number of hydrogen-bond acceptors (Lipinski definition) is 4. The van der Waals surface area contributed by atoms with Crippen molar-refractivity contribution in [2.75, 3.05) is 6.61 Å². The average molecular weight is 211 g/mol. The van der Waals surface area contributed by atoms with Crippen LogP contribution >= 0.6 is 0 Å². The summed E-state index contributed by atoms with van der Waals surface area (Å²) in [5.41, 5.74) is 0. The van der Waals surface area contributed by atoms with Gasteiger partial charge in [-0.25, -0.2) is 4.79 Å². The third-order valence-corrected chi connectivity index (χ3v) is 2.65. The second-order valence-electron chi connectivity index (χ2n) is 3.62. The summed E-state index contributed by atoms with van der Waals surface area (Å²) in [6, 6.07) is -0.565. The van der Waals surface area contributed by atoms with E-state index in [1.54, 1.807) is 4.57 Å². The molecule has 2 heterocycles. The molecule has 1 unspecified atom stereocenters. The molecule has 2 rings (SSSR count). The molecular weight excluding hydrogens is 198 g/mol. The van der Waals surface area contributed by atoms with Gasteiger partial charge in [0, 0.05) is 12.8 Å². The molecular formula is C9H13N3O3. The highest BCUT2D eigenvalue weighted by Gasteiger charge is 2.29. The molecule has 0 saturated carbocycles. The first-order valence-corrected chi connectivity index (χ1v) is 5.00. The molecule has 1 aromatic heterocycles. The molecule has 1 aliphatic heterocycles. The number of hydrogen-bond donors (Lipinski definition) is 2. The van der Waals surface area contributed by atoms with Crippen molar-refractivity contribution >= 4 is 5.97 Å². The Bertz CT molecular complexity index is 375. The number of carbonyl (C=O) groups is 1. The van der Waals surface area contributed by atoms with Gasteiger partial charge >= 0.3 is 5.97 Å². The fraction of sp³-hybridized carbons (Fsp3) is 0.667. The molecule has 0 saturated heterocycles. The summed E-state index contributed by atoms with van der Waals surface area (Å²) < 4.78 is 1.65. The molecule has 0 amide bonds. The predicted octanol–water partition coefficient (Wildman–Crippen LogP) is -0.225. The van der Waals surface area contributed by atoms with Gasteiger partial charge in [-0.1, -0.05) is 0 Å². The Labute approximate surface area is 86.6 Å². The molecule has 0 aliphatic carbocycles. The summed E-state index contributed by atoms with van der Waals surface area (Å²) in [6.45, 7) is -0.0372. The number of rotatable bonds is 3. The second kappa shape index (κ2) is 3.98. The van der Waals surface area contributed by atoms with Crippen LogP contribution in [0.25, 0.3) is 0 Å². The van der Waals surface area contributed by atoms with Gasteiger partial charge in [0.2, 0.25) is 0 Å². The Balaban J connectivity index is 2.38. The van der Waals surface area contributed by atoms with Crippen molar-refractivity contribution in [3.05, 3.63) is 11.6 Å². The van der Waals surface area contributed by atoms with Gasteiger partial charge in [0.25, 0.3) is 0 Å². The number of aliphatic carboxylic acids is 1. The molecule has 82 valence electrons. The molecule has 2 N–H and O–H groups in total. The first-order valence-electron chi connectivity index (χ1n) is 5.00. The smallest absolute Gasteiger partial charge is 0.326 e. The molecule has 0 aromatic carbocycles. The number of aryl methyl sites for hydroxylation is 1. The zero-order chi connectivity index (χ0) is 10.8. The van der Waals surface area contributed by atoms with Gasteiger partial charge < -0.3 is 14.8 Å². The number of fused-ring (bicyclic) bond motifs is 1. The number of carboxylic acids is 1. The number of nitrogens with zero attached hydrogens (tertiary/aromatic N) is 3. The average Bonchev–Trinajstić information content (AvgIpc) is 2.62. The van der Waals surface area contributed by atoms with Gasteiger partial charge in [0.15, 0.2) is 0 Å². The van der Waals surface area contributed by atoms with Crippen LogP contribution in [0.4, 0.5) is 0 Å². The Kier molecular flexibility index (Phi) is 2.68. The maximum absolute atomic E-state index is 11.0. The lowest BCUT2D eigenvalue weighted by Gasteiger charge is -2.22. The Morgan fingerprint density at radius 2 is 2.33 bits per heavy atom. The van der Waals surface area contributed by atoms with Crippen molar-refractivity contribution in [3.63, 3.8) is 0 Å². The molecule has 1 aromatic rings. The Morgan fingerprint density at radius 3 is 3.00 bits per heavy atom. The molecule has 0 spiro atoms. The molecule has 15 heavy (non-hydrogen) atoms. The first-order chi connectivity index (χ1) is 7.24. The summed E-state index contributed by atoms with van der Waals surface area (Å²) in [4.78, 5) is 11.0. The maximum Gasteiger partial charge on any atom is 0.326 e. The summed E-state index contributed by atoms with van der Waals surface area (Å²) in [5.74, 6) is 0.437. The van der Waals surface area contributed by atoms with Crippen LogP contribution in [0.15, 0.2) is 0 Å².